The van der Waals surface area contributed by atoms with Crippen molar-refractivity contribution in [2.75, 3.05) is 46.9 Å². The van der Waals surface area contributed by atoms with Gasteiger partial charge in [-0.15, -0.1) is 0 Å². The molecule has 0 bridgehead atoms. The summed E-state index contributed by atoms with van der Waals surface area (Å²) in [6.45, 7) is 8.89. The van der Waals surface area contributed by atoms with Crippen LogP contribution in [0.5, 0.6) is 0 Å². The van der Waals surface area contributed by atoms with Gasteiger partial charge in [0, 0.05) is 39.8 Å². The quantitative estimate of drug-likeness (QED) is 0.378. The van der Waals surface area contributed by atoms with Crippen LogP contribution >= 0.6 is 0 Å². The third kappa shape index (κ3) is 9.49. The fourth-order valence-corrected chi connectivity index (χ4v) is 2.77. The lowest BCUT2D eigenvalue weighted by molar-refractivity contribution is -0.127. The minimum Gasteiger partial charge on any atom is -0.450 e. The summed E-state index contributed by atoms with van der Waals surface area (Å²) in [6, 6.07) is 0.224. The zero-order valence-corrected chi connectivity index (χ0v) is 17.6. The Bertz CT molecular complexity index is 486. The first-order valence-corrected chi connectivity index (χ1v) is 10.00. The van der Waals surface area contributed by atoms with Gasteiger partial charge in [0.1, 0.15) is 6.54 Å². The zero-order chi connectivity index (χ0) is 20.2. The molecule has 27 heavy (non-hydrogen) atoms. The SMILES string of the molecule is CCOC(=O)N1CCC(NC(=NCC(=O)N(C)C)NCCCC(C)C)CC1. The van der Waals surface area contributed by atoms with Crippen molar-refractivity contribution >= 4 is 18.0 Å². The molecule has 2 amide bonds. The van der Waals surface area contributed by atoms with Gasteiger partial charge in [-0.3, -0.25) is 4.79 Å². The first kappa shape index (κ1) is 23.0. The molecule has 156 valence electrons. The summed E-state index contributed by atoms with van der Waals surface area (Å²) < 4.78 is 5.06. The van der Waals surface area contributed by atoms with Crippen molar-refractivity contribution in [2.45, 2.75) is 52.5 Å². The molecule has 1 aliphatic rings. The van der Waals surface area contributed by atoms with Crippen molar-refractivity contribution in [2.24, 2.45) is 10.9 Å². The number of carbonyl (C=O) groups is 2. The van der Waals surface area contributed by atoms with E-state index in [0.29, 0.717) is 31.6 Å². The van der Waals surface area contributed by atoms with E-state index >= 15 is 0 Å². The average molecular weight is 384 g/mol. The maximum atomic E-state index is 11.8. The Morgan fingerprint density at radius 3 is 2.48 bits per heavy atom. The van der Waals surface area contributed by atoms with Crippen molar-refractivity contribution in [3.05, 3.63) is 0 Å². The Morgan fingerprint density at radius 2 is 1.93 bits per heavy atom. The number of aliphatic imine (C=N–C) groups is 1. The smallest absolute Gasteiger partial charge is 0.409 e. The van der Waals surface area contributed by atoms with E-state index in [9.17, 15) is 9.59 Å². The van der Waals surface area contributed by atoms with Gasteiger partial charge in [-0.05, 0) is 38.5 Å². The number of hydrogen-bond acceptors (Lipinski definition) is 4. The fourth-order valence-electron chi connectivity index (χ4n) is 2.77. The highest BCUT2D eigenvalue weighted by Crippen LogP contribution is 2.11. The van der Waals surface area contributed by atoms with E-state index < -0.39 is 0 Å². The minimum atomic E-state index is -0.242. The van der Waals surface area contributed by atoms with Crippen LogP contribution in [0.1, 0.15) is 46.5 Å². The van der Waals surface area contributed by atoms with Gasteiger partial charge in [0.05, 0.1) is 6.61 Å². The number of hydrogen-bond donors (Lipinski definition) is 2. The van der Waals surface area contributed by atoms with Crippen molar-refractivity contribution < 1.29 is 14.3 Å². The second-order valence-corrected chi connectivity index (χ2v) is 7.52. The van der Waals surface area contributed by atoms with E-state index in [4.69, 9.17) is 4.74 Å². The monoisotopic (exact) mass is 383 g/mol. The molecule has 0 aromatic heterocycles. The van der Waals surface area contributed by atoms with Crippen molar-refractivity contribution in [1.82, 2.24) is 20.4 Å². The van der Waals surface area contributed by atoms with Crippen LogP contribution in [-0.4, -0.2) is 80.7 Å². The predicted molar refractivity (Wildman–Crippen MR) is 108 cm³/mol. The van der Waals surface area contributed by atoms with Crippen LogP contribution in [0.2, 0.25) is 0 Å². The van der Waals surface area contributed by atoms with E-state index in [0.717, 1.165) is 32.2 Å². The van der Waals surface area contributed by atoms with Crippen LogP contribution in [0.15, 0.2) is 4.99 Å². The number of nitrogens with zero attached hydrogens (tertiary/aromatic N) is 3. The molecule has 0 unspecified atom stereocenters. The fraction of sp³-hybridized carbons (Fsp3) is 0.842. The van der Waals surface area contributed by atoms with Crippen molar-refractivity contribution in [1.29, 1.82) is 0 Å². The van der Waals surface area contributed by atoms with Gasteiger partial charge in [-0.25, -0.2) is 9.79 Å². The molecule has 8 nitrogen and oxygen atoms in total. The van der Waals surface area contributed by atoms with Gasteiger partial charge in [-0.1, -0.05) is 13.8 Å². The molecule has 0 atom stereocenters. The topological polar surface area (TPSA) is 86.3 Å². The Kier molecular flexibility index (Phi) is 10.6. The molecule has 1 heterocycles. The summed E-state index contributed by atoms with van der Waals surface area (Å²) in [4.78, 5) is 31.4. The Morgan fingerprint density at radius 1 is 1.26 bits per heavy atom. The maximum Gasteiger partial charge on any atom is 0.409 e. The van der Waals surface area contributed by atoms with Crippen molar-refractivity contribution in [3.8, 4) is 0 Å². The molecule has 2 N–H and O–H groups in total. The second-order valence-electron chi connectivity index (χ2n) is 7.52. The molecule has 1 saturated heterocycles. The van der Waals surface area contributed by atoms with Gasteiger partial charge >= 0.3 is 6.09 Å². The summed E-state index contributed by atoms with van der Waals surface area (Å²) in [5.41, 5.74) is 0. The Labute approximate surface area is 163 Å². The molecule has 1 rings (SSSR count). The van der Waals surface area contributed by atoms with Crippen LogP contribution in [0.3, 0.4) is 0 Å². The van der Waals surface area contributed by atoms with Gasteiger partial charge in [0.25, 0.3) is 0 Å². The molecule has 0 radical (unpaired) electrons. The van der Waals surface area contributed by atoms with Crippen LogP contribution in [0.4, 0.5) is 4.79 Å². The lowest BCUT2D eigenvalue weighted by Crippen LogP contribution is -2.50. The van der Waals surface area contributed by atoms with E-state index in [2.05, 4.69) is 29.5 Å². The first-order chi connectivity index (χ1) is 12.8. The molecule has 0 aromatic carbocycles. The highest BCUT2D eigenvalue weighted by atomic mass is 16.6. The third-order valence-electron chi connectivity index (χ3n) is 4.48. The molecule has 0 spiro atoms. The van der Waals surface area contributed by atoms with Gasteiger partial charge in [0.15, 0.2) is 5.96 Å². The largest absolute Gasteiger partial charge is 0.450 e. The normalized spacial score (nSPS) is 15.6. The lowest BCUT2D eigenvalue weighted by Gasteiger charge is -2.32. The molecule has 0 saturated carbocycles. The Hall–Kier alpha value is -1.99. The van der Waals surface area contributed by atoms with Gasteiger partial charge in [0.2, 0.25) is 5.91 Å². The minimum absolute atomic E-state index is 0.0320. The van der Waals surface area contributed by atoms with E-state index in [1.165, 1.54) is 4.90 Å². The maximum absolute atomic E-state index is 11.8. The van der Waals surface area contributed by atoms with Crippen LogP contribution in [0.25, 0.3) is 0 Å². The summed E-state index contributed by atoms with van der Waals surface area (Å²) in [5.74, 6) is 1.31. The van der Waals surface area contributed by atoms with Crippen LogP contribution in [-0.2, 0) is 9.53 Å². The first-order valence-electron chi connectivity index (χ1n) is 10.00. The molecule has 8 heteroatoms. The summed E-state index contributed by atoms with van der Waals surface area (Å²) in [7, 11) is 3.46. The second kappa shape index (κ2) is 12.4. The number of nitrogens with one attached hydrogen (secondary N) is 2. The van der Waals surface area contributed by atoms with Crippen LogP contribution in [0, 0.1) is 5.92 Å². The standard InChI is InChI=1S/C19H37N5O3/c1-6-27-19(26)24-12-9-16(10-13-24)22-18(20-11-7-8-15(2)3)21-14-17(25)23(4)5/h15-16H,6-14H2,1-5H3,(H2,20,21,22). The number of guanidine groups is 1. The number of carbonyl (C=O) groups excluding carboxylic acids is 2. The van der Waals surface area contributed by atoms with E-state index in [1.807, 2.05) is 6.92 Å². The molecule has 0 aliphatic carbocycles. The molecule has 1 aliphatic heterocycles. The summed E-state index contributed by atoms with van der Waals surface area (Å²) in [6.07, 6.45) is 3.62. The highest BCUT2D eigenvalue weighted by molar-refractivity contribution is 5.85. The lowest BCUT2D eigenvalue weighted by atomic mass is 10.1. The van der Waals surface area contributed by atoms with Gasteiger partial charge < -0.3 is 25.2 Å². The average Bonchev–Trinajstić information content (AvgIpc) is 2.63. The number of piperidine rings is 1. The highest BCUT2D eigenvalue weighted by Gasteiger charge is 2.24. The van der Waals surface area contributed by atoms with Crippen molar-refractivity contribution in [3.63, 3.8) is 0 Å². The predicted octanol–water partition coefficient (Wildman–Crippen LogP) is 1.67. The van der Waals surface area contributed by atoms with Crippen LogP contribution < -0.4 is 10.6 Å². The zero-order valence-electron chi connectivity index (χ0n) is 17.6. The van der Waals surface area contributed by atoms with Gasteiger partial charge in [-0.2, -0.15) is 0 Å². The summed E-state index contributed by atoms with van der Waals surface area (Å²) in [5, 5.41) is 6.75. The molecule has 1 fully saturated rings. The molecule has 0 aromatic rings. The van der Waals surface area contributed by atoms with E-state index in [1.54, 1.807) is 19.0 Å². The summed E-state index contributed by atoms with van der Waals surface area (Å²) >= 11 is 0. The number of likely N-dealkylation sites (N-methyl/N-ethyl adjacent to an activating group) is 1. The van der Waals surface area contributed by atoms with E-state index in [-0.39, 0.29) is 24.6 Å². The molecular formula is C19H37N5O3. The molecular weight excluding hydrogens is 346 g/mol. The Balaban J connectivity index is 2.53. The number of ether oxygens (including phenoxy) is 1. The number of likely N-dealkylation sites (tertiary alicyclic amines) is 1. The third-order valence-corrected chi connectivity index (χ3v) is 4.48. The number of amides is 2. The number of rotatable bonds is 8.